The maximum atomic E-state index is 13.1. The molecule has 0 saturated carbocycles. The van der Waals surface area contributed by atoms with Crippen LogP contribution in [0.2, 0.25) is 0 Å². The number of benzene rings is 1. The molecule has 8 nitrogen and oxygen atoms in total. The molecular formula is C21H30F4N4O4. The van der Waals surface area contributed by atoms with Crippen LogP contribution in [0.15, 0.2) is 18.2 Å². The lowest BCUT2D eigenvalue weighted by Crippen LogP contribution is -2.52. The van der Waals surface area contributed by atoms with Crippen molar-refractivity contribution in [3.05, 3.63) is 18.2 Å². The van der Waals surface area contributed by atoms with Crippen LogP contribution >= 0.6 is 0 Å². The van der Waals surface area contributed by atoms with Gasteiger partial charge in [-0.3, -0.25) is 14.5 Å². The van der Waals surface area contributed by atoms with E-state index in [1.165, 1.54) is 21.9 Å². The molecule has 0 radical (unpaired) electrons. The van der Waals surface area contributed by atoms with Crippen LogP contribution in [0, 0.1) is 5.41 Å². The minimum absolute atomic E-state index is 0.0892. The summed E-state index contributed by atoms with van der Waals surface area (Å²) in [4.78, 5) is 27.5. The number of hydrogen-bond acceptors (Lipinski definition) is 6. The third kappa shape index (κ3) is 8.13. The highest BCUT2D eigenvalue weighted by molar-refractivity contribution is 5.98. The lowest BCUT2D eigenvalue weighted by Gasteiger charge is -2.34. The number of carbonyl (C=O) groups excluding carboxylic acids is 2. The molecule has 3 N–H and O–H groups in total. The second-order valence-electron chi connectivity index (χ2n) is 8.78. The van der Waals surface area contributed by atoms with Crippen LogP contribution in [-0.4, -0.2) is 75.2 Å². The van der Waals surface area contributed by atoms with E-state index in [1.807, 2.05) is 20.8 Å². The lowest BCUT2D eigenvalue weighted by molar-refractivity contribution is -0.126. The predicted molar refractivity (Wildman–Crippen MR) is 115 cm³/mol. The maximum Gasteiger partial charge on any atom is 0.387 e. The fourth-order valence-electron chi connectivity index (χ4n) is 3.51. The lowest BCUT2D eigenvalue weighted by atomic mass is 9.95. The maximum absolute atomic E-state index is 13.1. The summed E-state index contributed by atoms with van der Waals surface area (Å²) in [5, 5.41) is 2.53. The van der Waals surface area contributed by atoms with Crippen molar-refractivity contribution in [2.24, 2.45) is 11.1 Å². The van der Waals surface area contributed by atoms with Crippen molar-refractivity contribution in [3.63, 3.8) is 0 Å². The summed E-state index contributed by atoms with van der Waals surface area (Å²) in [6, 6.07) is 2.85. The molecule has 12 heteroatoms. The van der Waals surface area contributed by atoms with Crippen LogP contribution in [0.5, 0.6) is 5.75 Å². The summed E-state index contributed by atoms with van der Waals surface area (Å²) in [5.41, 5.74) is 5.54. The summed E-state index contributed by atoms with van der Waals surface area (Å²) >= 11 is 0. The third-order valence-corrected chi connectivity index (χ3v) is 4.74. The SMILES string of the molecule is CC(C)(C)CN(CC(F)F)[C@H](CN)C(=O)Nc1ccc(N2CCOCC2=O)c(OC(F)F)c1. The van der Waals surface area contributed by atoms with Gasteiger partial charge in [-0.1, -0.05) is 20.8 Å². The van der Waals surface area contributed by atoms with Gasteiger partial charge in [-0.05, 0) is 17.5 Å². The van der Waals surface area contributed by atoms with Crippen molar-refractivity contribution in [2.45, 2.75) is 39.9 Å². The Hall–Kier alpha value is -2.44. The second-order valence-corrected chi connectivity index (χ2v) is 8.78. The molecule has 33 heavy (non-hydrogen) atoms. The highest BCUT2D eigenvalue weighted by atomic mass is 19.3. The Morgan fingerprint density at radius 3 is 2.55 bits per heavy atom. The predicted octanol–water partition coefficient (Wildman–Crippen LogP) is 2.53. The molecule has 2 rings (SSSR count). The number of morpholine rings is 1. The number of alkyl halides is 4. The molecule has 0 unspecified atom stereocenters. The summed E-state index contributed by atoms with van der Waals surface area (Å²) in [6.45, 7) is 1.85. The van der Waals surface area contributed by atoms with Gasteiger partial charge in [0.15, 0.2) is 5.75 Å². The van der Waals surface area contributed by atoms with Crippen molar-refractivity contribution in [2.75, 3.05) is 49.6 Å². The van der Waals surface area contributed by atoms with Crippen LogP contribution in [0.3, 0.4) is 0 Å². The van der Waals surface area contributed by atoms with E-state index in [-0.39, 0.29) is 55.4 Å². The van der Waals surface area contributed by atoms with E-state index in [0.29, 0.717) is 0 Å². The van der Waals surface area contributed by atoms with Gasteiger partial charge in [0.1, 0.15) is 12.6 Å². The summed E-state index contributed by atoms with van der Waals surface area (Å²) in [7, 11) is 0. The molecule has 1 saturated heterocycles. The van der Waals surface area contributed by atoms with Gasteiger partial charge in [0.05, 0.1) is 18.8 Å². The van der Waals surface area contributed by atoms with E-state index >= 15 is 0 Å². The number of halogens is 4. The zero-order valence-electron chi connectivity index (χ0n) is 18.8. The Kier molecular flexibility index (Phi) is 9.44. The number of carbonyl (C=O) groups is 2. The molecule has 1 aromatic rings. The number of nitrogens with zero attached hydrogens (tertiary/aromatic N) is 2. The minimum Gasteiger partial charge on any atom is -0.433 e. The number of nitrogens with one attached hydrogen (secondary N) is 1. The molecule has 0 aromatic heterocycles. The molecule has 0 aliphatic carbocycles. The Bertz CT molecular complexity index is 820. The summed E-state index contributed by atoms with van der Waals surface area (Å²) < 4.78 is 61.9. The minimum atomic E-state index is -3.17. The van der Waals surface area contributed by atoms with E-state index < -0.39 is 37.4 Å². The molecule has 0 spiro atoms. The molecule has 1 aliphatic heterocycles. The Morgan fingerprint density at radius 2 is 2.00 bits per heavy atom. The van der Waals surface area contributed by atoms with Crippen molar-refractivity contribution >= 4 is 23.2 Å². The average molecular weight is 478 g/mol. The molecule has 186 valence electrons. The normalized spacial score (nSPS) is 16.0. The largest absolute Gasteiger partial charge is 0.433 e. The fraction of sp³-hybridized carbons (Fsp3) is 0.619. The highest BCUT2D eigenvalue weighted by Gasteiger charge is 2.31. The van der Waals surface area contributed by atoms with Gasteiger partial charge < -0.3 is 25.4 Å². The molecular weight excluding hydrogens is 448 g/mol. The van der Waals surface area contributed by atoms with Gasteiger partial charge in [0, 0.05) is 31.4 Å². The van der Waals surface area contributed by atoms with Crippen LogP contribution < -0.4 is 20.7 Å². The van der Waals surface area contributed by atoms with Gasteiger partial charge in [0.2, 0.25) is 5.91 Å². The molecule has 1 aliphatic rings. The molecule has 1 fully saturated rings. The summed E-state index contributed by atoms with van der Waals surface area (Å²) in [5.74, 6) is -1.41. The van der Waals surface area contributed by atoms with Crippen LogP contribution in [0.4, 0.5) is 28.9 Å². The topological polar surface area (TPSA) is 97.1 Å². The quantitative estimate of drug-likeness (QED) is 0.502. The van der Waals surface area contributed by atoms with Gasteiger partial charge in [-0.25, -0.2) is 8.78 Å². The number of anilines is 2. The zero-order valence-corrected chi connectivity index (χ0v) is 18.8. The summed E-state index contributed by atoms with van der Waals surface area (Å²) in [6.07, 6.45) is -2.68. The van der Waals surface area contributed by atoms with E-state index in [2.05, 4.69) is 10.1 Å². The number of ether oxygens (including phenoxy) is 2. The van der Waals surface area contributed by atoms with E-state index in [1.54, 1.807) is 0 Å². The first-order chi connectivity index (χ1) is 15.4. The van der Waals surface area contributed by atoms with Crippen LogP contribution in [0.25, 0.3) is 0 Å². The molecule has 0 bridgehead atoms. The standard InChI is InChI=1S/C21H30F4N4O4/c1-21(2,3)12-28(10-17(22)23)15(9-26)19(31)27-13-4-5-14(16(8-13)33-20(24)25)29-6-7-32-11-18(29)30/h4-5,8,15,17,20H,6-7,9-12,26H2,1-3H3,(H,27,31)/t15-/m1/s1. The highest BCUT2D eigenvalue weighted by Crippen LogP contribution is 2.33. The second kappa shape index (κ2) is 11.6. The van der Waals surface area contributed by atoms with Crippen LogP contribution in [0.1, 0.15) is 20.8 Å². The van der Waals surface area contributed by atoms with Crippen molar-refractivity contribution in [1.29, 1.82) is 0 Å². The van der Waals surface area contributed by atoms with Crippen molar-refractivity contribution in [1.82, 2.24) is 4.90 Å². The van der Waals surface area contributed by atoms with Gasteiger partial charge in [-0.15, -0.1) is 0 Å². The first kappa shape index (κ1) is 26.8. The Balaban J connectivity index is 2.27. The number of rotatable bonds is 10. The number of amides is 2. The smallest absolute Gasteiger partial charge is 0.387 e. The molecule has 1 heterocycles. The van der Waals surface area contributed by atoms with Gasteiger partial charge in [0.25, 0.3) is 12.3 Å². The van der Waals surface area contributed by atoms with Crippen molar-refractivity contribution in [3.8, 4) is 5.75 Å². The third-order valence-electron chi connectivity index (χ3n) is 4.74. The molecule has 2 amide bonds. The van der Waals surface area contributed by atoms with E-state index in [9.17, 15) is 27.2 Å². The number of hydrogen-bond donors (Lipinski definition) is 2. The van der Waals surface area contributed by atoms with Crippen molar-refractivity contribution < 1.29 is 36.6 Å². The average Bonchev–Trinajstić information content (AvgIpc) is 2.67. The Labute approximate surface area is 190 Å². The van der Waals surface area contributed by atoms with E-state index in [4.69, 9.17) is 10.5 Å². The zero-order chi connectivity index (χ0) is 24.8. The monoisotopic (exact) mass is 478 g/mol. The first-order valence-electron chi connectivity index (χ1n) is 10.4. The first-order valence-corrected chi connectivity index (χ1v) is 10.4. The van der Waals surface area contributed by atoms with Crippen LogP contribution in [-0.2, 0) is 14.3 Å². The van der Waals surface area contributed by atoms with E-state index in [0.717, 1.165) is 6.07 Å². The van der Waals surface area contributed by atoms with Gasteiger partial charge >= 0.3 is 6.61 Å². The molecule has 1 aromatic carbocycles. The Morgan fingerprint density at radius 1 is 1.30 bits per heavy atom. The van der Waals surface area contributed by atoms with Gasteiger partial charge in [-0.2, -0.15) is 8.78 Å². The fourth-order valence-corrected chi connectivity index (χ4v) is 3.51. The molecule has 1 atom stereocenters. The number of nitrogens with two attached hydrogens (primary N) is 1.